The van der Waals surface area contributed by atoms with Gasteiger partial charge in [-0.15, -0.1) is 0 Å². The minimum atomic E-state index is -0.366. The first-order valence-corrected chi connectivity index (χ1v) is 6.29. The second kappa shape index (κ2) is 4.93. The summed E-state index contributed by atoms with van der Waals surface area (Å²) < 4.78 is 5.93. The summed E-state index contributed by atoms with van der Waals surface area (Å²) in [4.78, 5) is 22.8. The van der Waals surface area contributed by atoms with Crippen LogP contribution in [0.1, 0.15) is 5.56 Å². The van der Waals surface area contributed by atoms with Gasteiger partial charge in [0.05, 0.1) is 12.0 Å². The predicted octanol–water partition coefficient (Wildman–Crippen LogP) is 2.78. The van der Waals surface area contributed by atoms with Crippen molar-refractivity contribution in [3.05, 3.63) is 33.1 Å². The molecule has 1 aromatic rings. The van der Waals surface area contributed by atoms with E-state index in [2.05, 4.69) is 21.2 Å². The Morgan fingerprint density at radius 2 is 2.18 bits per heavy atom. The number of hydrogen-bond donors (Lipinski definition) is 1. The van der Waals surface area contributed by atoms with E-state index in [1.807, 2.05) is 6.07 Å². The van der Waals surface area contributed by atoms with Gasteiger partial charge in [-0.3, -0.25) is 14.9 Å². The lowest BCUT2D eigenvalue weighted by Crippen LogP contribution is -2.17. The number of nitrogens with one attached hydrogen (secondary N) is 1. The summed E-state index contributed by atoms with van der Waals surface area (Å²) in [5.74, 6) is 0.324. The summed E-state index contributed by atoms with van der Waals surface area (Å²) in [6, 6.07) is 5.41. The zero-order chi connectivity index (χ0) is 12.4. The van der Waals surface area contributed by atoms with E-state index in [0.717, 1.165) is 21.8 Å². The van der Waals surface area contributed by atoms with Crippen LogP contribution in [0, 0.1) is 0 Å². The van der Waals surface area contributed by atoms with Gasteiger partial charge in [0.15, 0.2) is 0 Å². The lowest BCUT2D eigenvalue weighted by molar-refractivity contribution is -0.115. The Kier molecular flexibility index (Phi) is 3.54. The first-order chi connectivity index (χ1) is 8.10. The minimum Gasteiger partial charge on any atom is -0.497 e. The third kappa shape index (κ3) is 2.70. The van der Waals surface area contributed by atoms with E-state index in [4.69, 9.17) is 4.74 Å². The highest BCUT2D eigenvalue weighted by atomic mass is 79.9. The van der Waals surface area contributed by atoms with Crippen LogP contribution in [-0.4, -0.2) is 18.3 Å². The molecule has 0 spiro atoms. The number of methoxy groups -OCH3 is 1. The average molecular weight is 314 g/mol. The van der Waals surface area contributed by atoms with Crippen LogP contribution in [0.5, 0.6) is 5.75 Å². The summed E-state index contributed by atoms with van der Waals surface area (Å²) in [6.07, 6.45) is 1.65. The van der Waals surface area contributed by atoms with Crippen molar-refractivity contribution in [2.75, 3.05) is 7.11 Å². The Morgan fingerprint density at radius 1 is 1.41 bits per heavy atom. The number of ether oxygens (including phenoxy) is 1. The molecular weight excluding hydrogens is 306 g/mol. The molecule has 0 bridgehead atoms. The highest BCUT2D eigenvalue weighted by molar-refractivity contribution is 9.10. The molecule has 0 radical (unpaired) electrons. The van der Waals surface area contributed by atoms with E-state index < -0.39 is 0 Å². The highest BCUT2D eigenvalue weighted by Crippen LogP contribution is 2.30. The number of hydrogen-bond acceptors (Lipinski definition) is 4. The molecule has 0 aliphatic carbocycles. The fourth-order valence-electron chi connectivity index (χ4n) is 1.32. The molecular formula is C11H8BrNO3S. The highest BCUT2D eigenvalue weighted by Gasteiger charge is 2.25. The van der Waals surface area contributed by atoms with Crippen LogP contribution in [0.15, 0.2) is 27.6 Å². The third-order valence-electron chi connectivity index (χ3n) is 2.13. The number of halogens is 1. The van der Waals surface area contributed by atoms with Gasteiger partial charge in [-0.2, -0.15) is 0 Å². The van der Waals surface area contributed by atoms with Gasteiger partial charge in [0.1, 0.15) is 5.75 Å². The van der Waals surface area contributed by atoms with Gasteiger partial charge >= 0.3 is 0 Å². The van der Waals surface area contributed by atoms with Crippen molar-refractivity contribution in [3.63, 3.8) is 0 Å². The van der Waals surface area contributed by atoms with Crippen molar-refractivity contribution in [2.24, 2.45) is 0 Å². The third-order valence-corrected chi connectivity index (χ3v) is 3.66. The fraction of sp³-hybridized carbons (Fsp3) is 0.0909. The molecule has 1 aromatic carbocycles. The van der Waals surface area contributed by atoms with Crippen LogP contribution in [0.4, 0.5) is 4.79 Å². The van der Waals surface area contributed by atoms with Crippen molar-refractivity contribution >= 4 is 44.9 Å². The lowest BCUT2D eigenvalue weighted by Gasteiger charge is -2.03. The molecule has 1 aliphatic heterocycles. The van der Waals surface area contributed by atoms with Crippen LogP contribution in [0.3, 0.4) is 0 Å². The minimum absolute atomic E-state index is 0.347. The fourth-order valence-corrected chi connectivity index (χ4v) is 2.36. The first kappa shape index (κ1) is 12.2. The maximum atomic E-state index is 11.4. The zero-order valence-electron chi connectivity index (χ0n) is 8.82. The van der Waals surface area contributed by atoms with Crippen LogP contribution in [-0.2, 0) is 4.79 Å². The second-order valence-corrected chi connectivity index (χ2v) is 5.11. The summed E-state index contributed by atoms with van der Waals surface area (Å²) in [7, 11) is 1.57. The molecule has 1 aliphatic rings. The van der Waals surface area contributed by atoms with Crippen molar-refractivity contribution in [1.82, 2.24) is 5.32 Å². The van der Waals surface area contributed by atoms with E-state index in [1.54, 1.807) is 25.3 Å². The molecule has 0 unspecified atom stereocenters. The largest absolute Gasteiger partial charge is 0.497 e. The number of rotatable bonds is 2. The van der Waals surface area contributed by atoms with E-state index in [0.29, 0.717) is 10.7 Å². The van der Waals surface area contributed by atoms with Gasteiger partial charge < -0.3 is 4.74 Å². The SMILES string of the molecule is COc1ccc(Br)c(/C=C2\SC(=O)NC2=O)c1. The van der Waals surface area contributed by atoms with Crippen LogP contribution in [0.2, 0.25) is 0 Å². The maximum Gasteiger partial charge on any atom is 0.290 e. The Balaban J connectivity index is 2.38. The molecule has 6 heteroatoms. The molecule has 2 rings (SSSR count). The molecule has 88 valence electrons. The van der Waals surface area contributed by atoms with Gasteiger partial charge in [0, 0.05) is 4.47 Å². The summed E-state index contributed by atoms with van der Waals surface area (Å²) in [5, 5.41) is 1.86. The van der Waals surface area contributed by atoms with E-state index in [9.17, 15) is 9.59 Å². The van der Waals surface area contributed by atoms with Gasteiger partial charge in [-0.05, 0) is 41.6 Å². The lowest BCUT2D eigenvalue weighted by atomic mass is 10.2. The van der Waals surface area contributed by atoms with Gasteiger partial charge in [0.25, 0.3) is 11.1 Å². The molecule has 0 atom stereocenters. The van der Waals surface area contributed by atoms with Crippen molar-refractivity contribution in [3.8, 4) is 5.75 Å². The second-order valence-electron chi connectivity index (χ2n) is 3.24. The smallest absolute Gasteiger partial charge is 0.290 e. The van der Waals surface area contributed by atoms with Crippen LogP contribution < -0.4 is 10.1 Å². The predicted molar refractivity (Wildman–Crippen MR) is 69.8 cm³/mol. The van der Waals surface area contributed by atoms with Crippen molar-refractivity contribution < 1.29 is 14.3 Å². The van der Waals surface area contributed by atoms with Gasteiger partial charge in [-0.1, -0.05) is 15.9 Å². The number of imide groups is 1. The molecule has 0 saturated carbocycles. The van der Waals surface area contributed by atoms with E-state index in [1.165, 1.54) is 0 Å². The molecule has 17 heavy (non-hydrogen) atoms. The molecule has 4 nitrogen and oxygen atoms in total. The molecule has 0 aromatic heterocycles. The summed E-state index contributed by atoms with van der Waals surface area (Å²) in [5.41, 5.74) is 0.789. The van der Waals surface area contributed by atoms with E-state index >= 15 is 0 Å². The Morgan fingerprint density at radius 3 is 2.76 bits per heavy atom. The normalized spacial score (nSPS) is 17.4. The zero-order valence-corrected chi connectivity index (χ0v) is 11.2. The van der Waals surface area contributed by atoms with Crippen LogP contribution >= 0.6 is 27.7 Å². The van der Waals surface area contributed by atoms with Crippen molar-refractivity contribution in [1.29, 1.82) is 0 Å². The maximum absolute atomic E-state index is 11.4. The standard InChI is InChI=1S/C11H8BrNO3S/c1-16-7-2-3-8(12)6(4-7)5-9-10(14)13-11(15)17-9/h2-5H,1H3,(H,13,14,15)/b9-5-. The van der Waals surface area contributed by atoms with Gasteiger partial charge in [-0.25, -0.2) is 0 Å². The van der Waals surface area contributed by atoms with Gasteiger partial charge in [0.2, 0.25) is 0 Å². The monoisotopic (exact) mass is 313 g/mol. The Bertz CT molecular complexity index is 527. The Labute approximate surface area is 111 Å². The quantitative estimate of drug-likeness (QED) is 0.853. The Hall–Kier alpha value is -1.27. The summed E-state index contributed by atoms with van der Waals surface area (Å²) >= 11 is 4.27. The average Bonchev–Trinajstić information content (AvgIpc) is 2.60. The number of thioether (sulfide) groups is 1. The summed E-state index contributed by atoms with van der Waals surface area (Å²) in [6.45, 7) is 0. The molecule has 2 amide bonds. The first-order valence-electron chi connectivity index (χ1n) is 4.68. The molecule has 1 saturated heterocycles. The molecule has 1 fully saturated rings. The van der Waals surface area contributed by atoms with Crippen molar-refractivity contribution in [2.45, 2.75) is 0 Å². The molecule has 1 heterocycles. The van der Waals surface area contributed by atoms with E-state index in [-0.39, 0.29) is 11.1 Å². The topological polar surface area (TPSA) is 55.4 Å². The van der Waals surface area contributed by atoms with Crippen LogP contribution in [0.25, 0.3) is 6.08 Å². The number of carbonyl (C=O) groups is 2. The number of carbonyl (C=O) groups excluding carboxylic acids is 2. The number of amides is 2. The number of benzene rings is 1. The molecule has 1 N–H and O–H groups in total.